The first kappa shape index (κ1) is 12.7. The van der Waals surface area contributed by atoms with Gasteiger partial charge in [0, 0.05) is 12.0 Å². The zero-order chi connectivity index (χ0) is 13.1. The van der Waals surface area contributed by atoms with E-state index in [9.17, 15) is 4.39 Å². The Labute approximate surface area is 110 Å². The molecule has 2 aromatic rings. The lowest BCUT2D eigenvalue weighted by atomic mass is 10.1. The maximum absolute atomic E-state index is 14.1. The standard InChI is InChI=1S/C13H13FN2OS/c1-3-11-15-9(7-12(18)16-11)8-5-4-6-10(17-2)13(8)14/h4-7H,3H2,1-2H3,(H,15,16,18). The molecular formula is C13H13FN2OS. The van der Waals surface area contributed by atoms with Crippen LogP contribution in [0.3, 0.4) is 0 Å². The highest BCUT2D eigenvalue weighted by atomic mass is 32.1. The summed E-state index contributed by atoms with van der Waals surface area (Å²) in [6, 6.07) is 6.64. The summed E-state index contributed by atoms with van der Waals surface area (Å²) in [5, 5.41) is 0. The van der Waals surface area contributed by atoms with Crippen LogP contribution in [-0.4, -0.2) is 17.1 Å². The van der Waals surface area contributed by atoms with Crippen molar-refractivity contribution >= 4 is 12.2 Å². The maximum Gasteiger partial charge on any atom is 0.174 e. The molecule has 0 radical (unpaired) electrons. The molecule has 0 fully saturated rings. The molecule has 0 atom stereocenters. The van der Waals surface area contributed by atoms with Gasteiger partial charge in [-0.2, -0.15) is 0 Å². The quantitative estimate of drug-likeness (QED) is 0.862. The van der Waals surface area contributed by atoms with Gasteiger partial charge in [0.25, 0.3) is 0 Å². The highest BCUT2D eigenvalue weighted by Crippen LogP contribution is 2.27. The predicted octanol–water partition coefficient (Wildman–Crippen LogP) is 3.52. The molecule has 18 heavy (non-hydrogen) atoms. The van der Waals surface area contributed by atoms with Crippen molar-refractivity contribution < 1.29 is 9.13 Å². The summed E-state index contributed by atoms with van der Waals surface area (Å²) in [4.78, 5) is 7.23. The Kier molecular flexibility index (Phi) is 3.72. The molecule has 0 bridgehead atoms. The van der Waals surface area contributed by atoms with Crippen LogP contribution in [0.25, 0.3) is 11.3 Å². The van der Waals surface area contributed by atoms with Crippen LogP contribution >= 0.6 is 12.2 Å². The topological polar surface area (TPSA) is 37.9 Å². The van der Waals surface area contributed by atoms with Crippen molar-refractivity contribution in [2.75, 3.05) is 7.11 Å². The minimum Gasteiger partial charge on any atom is -0.494 e. The van der Waals surface area contributed by atoms with Gasteiger partial charge < -0.3 is 9.72 Å². The van der Waals surface area contributed by atoms with Crippen LogP contribution in [0.15, 0.2) is 24.3 Å². The van der Waals surface area contributed by atoms with Gasteiger partial charge >= 0.3 is 0 Å². The van der Waals surface area contributed by atoms with Crippen molar-refractivity contribution in [2.24, 2.45) is 0 Å². The molecule has 0 aliphatic heterocycles. The van der Waals surface area contributed by atoms with E-state index in [-0.39, 0.29) is 5.75 Å². The zero-order valence-corrected chi connectivity index (χ0v) is 11.0. The molecular weight excluding hydrogens is 251 g/mol. The lowest BCUT2D eigenvalue weighted by Gasteiger charge is -2.08. The minimum absolute atomic E-state index is 0.210. The number of benzene rings is 1. The number of methoxy groups -OCH3 is 1. The predicted molar refractivity (Wildman–Crippen MR) is 70.7 cm³/mol. The number of H-pyrrole nitrogens is 1. The van der Waals surface area contributed by atoms with Crippen molar-refractivity contribution in [3.8, 4) is 17.0 Å². The number of aromatic amines is 1. The van der Waals surface area contributed by atoms with E-state index in [0.29, 0.717) is 22.3 Å². The van der Waals surface area contributed by atoms with Crippen molar-refractivity contribution in [1.29, 1.82) is 0 Å². The van der Waals surface area contributed by atoms with E-state index in [1.54, 1.807) is 24.3 Å². The molecule has 0 aliphatic carbocycles. The average Bonchev–Trinajstić information content (AvgIpc) is 2.38. The number of halogens is 1. The summed E-state index contributed by atoms with van der Waals surface area (Å²) >= 11 is 5.07. The first-order valence-corrected chi connectivity index (χ1v) is 5.99. The second-order valence-electron chi connectivity index (χ2n) is 3.76. The molecule has 5 heteroatoms. The second-order valence-corrected chi connectivity index (χ2v) is 4.17. The lowest BCUT2D eigenvalue weighted by Crippen LogP contribution is -1.98. The normalized spacial score (nSPS) is 10.4. The van der Waals surface area contributed by atoms with Crippen molar-refractivity contribution in [2.45, 2.75) is 13.3 Å². The fraction of sp³-hybridized carbons (Fsp3) is 0.231. The van der Waals surface area contributed by atoms with Crippen LogP contribution in [-0.2, 0) is 6.42 Å². The summed E-state index contributed by atoms with van der Waals surface area (Å²) in [6.45, 7) is 1.96. The molecule has 0 saturated heterocycles. The van der Waals surface area contributed by atoms with Gasteiger partial charge in [-0.25, -0.2) is 9.37 Å². The molecule has 1 aromatic carbocycles. The highest BCUT2D eigenvalue weighted by Gasteiger charge is 2.11. The van der Waals surface area contributed by atoms with Gasteiger partial charge in [-0.15, -0.1) is 0 Å². The summed E-state index contributed by atoms with van der Waals surface area (Å²) < 4.78 is 19.5. The van der Waals surface area contributed by atoms with E-state index in [1.807, 2.05) is 6.92 Å². The number of aromatic nitrogens is 2. The number of nitrogens with zero attached hydrogens (tertiary/aromatic N) is 1. The van der Waals surface area contributed by atoms with Gasteiger partial charge in [0.2, 0.25) is 0 Å². The van der Waals surface area contributed by atoms with Gasteiger partial charge in [-0.1, -0.05) is 25.2 Å². The summed E-state index contributed by atoms with van der Waals surface area (Å²) in [7, 11) is 1.44. The molecule has 94 valence electrons. The van der Waals surface area contributed by atoms with E-state index in [2.05, 4.69) is 9.97 Å². The van der Waals surface area contributed by atoms with E-state index >= 15 is 0 Å². The molecule has 0 spiro atoms. The monoisotopic (exact) mass is 264 g/mol. The van der Waals surface area contributed by atoms with E-state index in [4.69, 9.17) is 17.0 Å². The third kappa shape index (κ3) is 2.41. The van der Waals surface area contributed by atoms with Crippen LogP contribution in [0.2, 0.25) is 0 Å². The largest absolute Gasteiger partial charge is 0.494 e. The number of hydrogen-bond donors (Lipinski definition) is 1. The van der Waals surface area contributed by atoms with Crippen LogP contribution in [0, 0.1) is 10.5 Å². The van der Waals surface area contributed by atoms with Gasteiger partial charge in [0.1, 0.15) is 10.5 Å². The smallest absolute Gasteiger partial charge is 0.174 e. The molecule has 0 aliphatic rings. The fourth-order valence-electron chi connectivity index (χ4n) is 1.70. The Morgan fingerprint density at radius 2 is 2.22 bits per heavy atom. The van der Waals surface area contributed by atoms with Crippen LogP contribution in [0.1, 0.15) is 12.7 Å². The van der Waals surface area contributed by atoms with Crippen molar-refractivity contribution in [3.63, 3.8) is 0 Å². The first-order chi connectivity index (χ1) is 8.65. The van der Waals surface area contributed by atoms with E-state index in [1.165, 1.54) is 7.11 Å². The van der Waals surface area contributed by atoms with Gasteiger partial charge in [-0.05, 0) is 18.2 Å². The lowest BCUT2D eigenvalue weighted by molar-refractivity contribution is 0.387. The van der Waals surface area contributed by atoms with Crippen LogP contribution in [0.5, 0.6) is 5.75 Å². The third-order valence-electron chi connectivity index (χ3n) is 2.60. The Morgan fingerprint density at radius 3 is 2.89 bits per heavy atom. The van der Waals surface area contributed by atoms with E-state index in [0.717, 1.165) is 5.82 Å². The number of rotatable bonds is 3. The molecule has 2 rings (SSSR count). The van der Waals surface area contributed by atoms with Gasteiger partial charge in [0.05, 0.1) is 12.8 Å². The molecule has 0 unspecified atom stereocenters. The average molecular weight is 264 g/mol. The van der Waals surface area contributed by atoms with Crippen LogP contribution in [0.4, 0.5) is 4.39 Å². The van der Waals surface area contributed by atoms with Crippen molar-refractivity contribution in [3.05, 3.63) is 40.5 Å². The number of nitrogens with one attached hydrogen (secondary N) is 1. The summed E-state index contributed by atoms with van der Waals surface area (Å²) in [5.74, 6) is 0.542. The van der Waals surface area contributed by atoms with E-state index < -0.39 is 5.82 Å². The SMILES string of the molecule is CCc1nc(=S)cc(-c2cccc(OC)c2F)[nH]1. The summed E-state index contributed by atoms with van der Waals surface area (Å²) in [5.41, 5.74) is 1.04. The summed E-state index contributed by atoms with van der Waals surface area (Å²) in [6.07, 6.45) is 0.711. The first-order valence-electron chi connectivity index (χ1n) is 5.58. The number of hydrogen-bond acceptors (Lipinski definition) is 3. The number of ether oxygens (including phenoxy) is 1. The molecule has 1 aromatic heterocycles. The maximum atomic E-state index is 14.1. The second kappa shape index (κ2) is 5.27. The third-order valence-corrected chi connectivity index (χ3v) is 2.81. The molecule has 0 amide bonds. The van der Waals surface area contributed by atoms with Crippen molar-refractivity contribution in [1.82, 2.24) is 9.97 Å². The fourth-order valence-corrected chi connectivity index (χ4v) is 1.93. The Hall–Kier alpha value is -1.75. The minimum atomic E-state index is -0.404. The number of aryl methyl sites for hydroxylation is 1. The Balaban J connectivity index is 2.61. The van der Waals surface area contributed by atoms with Gasteiger partial charge in [-0.3, -0.25) is 0 Å². The van der Waals surface area contributed by atoms with Crippen LogP contribution < -0.4 is 4.74 Å². The highest BCUT2D eigenvalue weighted by molar-refractivity contribution is 7.71. The Bertz CT molecular complexity index is 625. The Morgan fingerprint density at radius 1 is 1.44 bits per heavy atom. The zero-order valence-electron chi connectivity index (χ0n) is 10.2. The molecule has 1 heterocycles. The molecule has 0 saturated carbocycles. The molecule has 3 nitrogen and oxygen atoms in total. The van der Waals surface area contributed by atoms with Gasteiger partial charge in [0.15, 0.2) is 11.6 Å². The molecule has 1 N–H and O–H groups in total.